The van der Waals surface area contributed by atoms with E-state index in [-0.39, 0.29) is 11.8 Å². The van der Waals surface area contributed by atoms with Gasteiger partial charge in [-0.05, 0) is 29.3 Å². The normalized spacial score (nSPS) is 13.9. The van der Waals surface area contributed by atoms with Crippen LogP contribution in [0.15, 0.2) is 29.6 Å². The number of hydrogen-bond donors (Lipinski definition) is 1. The van der Waals surface area contributed by atoms with E-state index in [9.17, 15) is 8.42 Å². The lowest BCUT2D eigenvalue weighted by atomic mass is 10.2. The maximum Gasteiger partial charge on any atom is 0.148 e. The second kappa shape index (κ2) is 5.38. The van der Waals surface area contributed by atoms with E-state index in [0.717, 1.165) is 0 Å². The lowest BCUT2D eigenvalue weighted by Gasteiger charge is -2.12. The number of sulfone groups is 1. The lowest BCUT2D eigenvalue weighted by molar-refractivity contribution is 0.561. The van der Waals surface area contributed by atoms with Crippen molar-refractivity contribution in [2.75, 3.05) is 12.0 Å². The van der Waals surface area contributed by atoms with Crippen molar-refractivity contribution in [2.45, 2.75) is 19.5 Å². The van der Waals surface area contributed by atoms with Crippen LogP contribution in [0.4, 0.5) is 0 Å². The summed E-state index contributed by atoms with van der Waals surface area (Å²) in [5.41, 5.74) is 1.23. The Hall–Kier alpha value is -0.910. The summed E-state index contributed by atoms with van der Waals surface area (Å²) < 4.78 is 23.6. The number of nitrogens with one attached hydrogen (secondary N) is 1. The number of benzene rings is 1. The Bertz CT molecular complexity index is 631. The first-order chi connectivity index (χ1) is 8.46. The van der Waals surface area contributed by atoms with Crippen LogP contribution in [0.2, 0.25) is 0 Å². The molecule has 0 saturated heterocycles. The molecule has 18 heavy (non-hydrogen) atoms. The first-order valence-electron chi connectivity index (χ1n) is 5.82. The second-order valence-corrected chi connectivity index (χ2v) is 7.73. The van der Waals surface area contributed by atoms with Gasteiger partial charge in [0.15, 0.2) is 0 Å². The molecule has 0 spiro atoms. The first-order valence-corrected chi connectivity index (χ1v) is 8.76. The van der Waals surface area contributed by atoms with E-state index >= 15 is 0 Å². The third-order valence-electron chi connectivity index (χ3n) is 2.75. The van der Waals surface area contributed by atoms with Crippen LogP contribution in [0.3, 0.4) is 0 Å². The molecule has 1 aromatic carbocycles. The topological polar surface area (TPSA) is 46.2 Å². The minimum Gasteiger partial charge on any atom is -0.309 e. The highest BCUT2D eigenvalue weighted by atomic mass is 32.2. The van der Waals surface area contributed by atoms with E-state index in [1.807, 2.05) is 19.1 Å². The van der Waals surface area contributed by atoms with Crippen molar-refractivity contribution in [1.82, 2.24) is 5.32 Å². The van der Waals surface area contributed by atoms with Crippen LogP contribution in [0, 0.1) is 0 Å². The summed E-state index contributed by atoms with van der Waals surface area (Å²) in [6, 6.07) is 8.23. The van der Waals surface area contributed by atoms with E-state index in [4.69, 9.17) is 0 Å². The van der Waals surface area contributed by atoms with Crippen LogP contribution in [-0.2, 0) is 16.4 Å². The third kappa shape index (κ3) is 3.54. The van der Waals surface area contributed by atoms with E-state index in [1.165, 1.54) is 21.9 Å². The van der Waals surface area contributed by atoms with E-state index < -0.39 is 9.84 Å². The Morgan fingerprint density at radius 1 is 1.33 bits per heavy atom. The predicted molar refractivity (Wildman–Crippen MR) is 77.8 cm³/mol. The van der Waals surface area contributed by atoms with Crippen molar-refractivity contribution in [3.63, 3.8) is 0 Å². The molecule has 0 amide bonds. The fraction of sp³-hybridized carbons (Fsp3) is 0.385. The zero-order chi connectivity index (χ0) is 13.2. The van der Waals surface area contributed by atoms with Gasteiger partial charge in [-0.2, -0.15) is 0 Å². The molecular formula is C13H17NO2S2. The molecule has 1 aromatic heterocycles. The van der Waals surface area contributed by atoms with Gasteiger partial charge in [0, 0.05) is 23.5 Å². The Morgan fingerprint density at radius 3 is 2.78 bits per heavy atom. The number of thiophene rings is 1. The average molecular weight is 283 g/mol. The predicted octanol–water partition coefficient (Wildman–Crippen LogP) is 2.42. The second-order valence-electron chi connectivity index (χ2n) is 4.63. The maximum absolute atomic E-state index is 11.2. The monoisotopic (exact) mass is 283 g/mol. The molecule has 2 rings (SSSR count). The van der Waals surface area contributed by atoms with Gasteiger partial charge in [-0.1, -0.05) is 18.2 Å². The number of rotatable bonds is 5. The van der Waals surface area contributed by atoms with Gasteiger partial charge in [0.2, 0.25) is 0 Å². The van der Waals surface area contributed by atoms with Gasteiger partial charge in [0.05, 0.1) is 5.75 Å². The van der Waals surface area contributed by atoms with E-state index in [2.05, 4.69) is 22.8 Å². The summed E-state index contributed by atoms with van der Waals surface area (Å²) in [7, 11) is -2.92. The van der Waals surface area contributed by atoms with Crippen LogP contribution in [0.5, 0.6) is 0 Å². The Labute approximate surface area is 112 Å². The molecule has 0 aliphatic heterocycles. The summed E-state index contributed by atoms with van der Waals surface area (Å²) in [6.07, 6.45) is 1.27. The summed E-state index contributed by atoms with van der Waals surface area (Å²) in [4.78, 5) is 0. The Balaban J connectivity index is 2.02. The fourth-order valence-electron chi connectivity index (χ4n) is 1.97. The van der Waals surface area contributed by atoms with Gasteiger partial charge in [0.25, 0.3) is 0 Å². The molecule has 3 nitrogen and oxygen atoms in total. The van der Waals surface area contributed by atoms with Crippen LogP contribution in [0.1, 0.15) is 12.5 Å². The minimum absolute atomic E-state index is 0.0290. The smallest absolute Gasteiger partial charge is 0.148 e. The standard InChI is InChI=1S/C13H17NO2S2/c1-10(9-18(2,15)16)14-7-11-8-17-13-6-4-3-5-12(11)13/h3-6,8,10,14H,7,9H2,1-2H3. The van der Waals surface area contributed by atoms with Crippen LogP contribution < -0.4 is 5.32 Å². The van der Waals surface area contributed by atoms with Crippen LogP contribution in [-0.4, -0.2) is 26.5 Å². The number of hydrogen-bond acceptors (Lipinski definition) is 4. The van der Waals surface area contributed by atoms with Crippen molar-refractivity contribution >= 4 is 31.3 Å². The summed E-state index contributed by atoms with van der Waals surface area (Å²) in [5, 5.41) is 6.64. The molecule has 0 radical (unpaired) electrons. The van der Waals surface area contributed by atoms with E-state index in [0.29, 0.717) is 6.54 Å². The minimum atomic E-state index is -2.92. The van der Waals surface area contributed by atoms with Gasteiger partial charge in [0.1, 0.15) is 9.84 Å². The van der Waals surface area contributed by atoms with Crippen molar-refractivity contribution in [1.29, 1.82) is 0 Å². The van der Waals surface area contributed by atoms with Crippen LogP contribution >= 0.6 is 11.3 Å². The molecular weight excluding hydrogens is 266 g/mol. The largest absolute Gasteiger partial charge is 0.309 e. The molecule has 98 valence electrons. The zero-order valence-corrected chi connectivity index (χ0v) is 12.1. The Kier molecular flexibility index (Phi) is 4.04. The highest BCUT2D eigenvalue weighted by molar-refractivity contribution is 7.90. The summed E-state index contributed by atoms with van der Waals surface area (Å²) in [5.74, 6) is 0.176. The SMILES string of the molecule is CC(CS(C)(=O)=O)NCc1csc2ccccc12. The highest BCUT2D eigenvalue weighted by Crippen LogP contribution is 2.25. The lowest BCUT2D eigenvalue weighted by Crippen LogP contribution is -2.32. The van der Waals surface area contributed by atoms with Gasteiger partial charge >= 0.3 is 0 Å². The molecule has 0 saturated carbocycles. The summed E-state index contributed by atoms with van der Waals surface area (Å²) >= 11 is 1.72. The van der Waals surface area contributed by atoms with Crippen molar-refractivity contribution < 1.29 is 8.42 Å². The van der Waals surface area contributed by atoms with Gasteiger partial charge in [-0.25, -0.2) is 8.42 Å². The molecule has 1 heterocycles. The Morgan fingerprint density at radius 2 is 2.06 bits per heavy atom. The molecule has 0 fully saturated rings. The number of fused-ring (bicyclic) bond motifs is 1. The third-order valence-corrected chi connectivity index (χ3v) is 4.87. The van der Waals surface area contributed by atoms with Gasteiger partial charge < -0.3 is 5.32 Å². The van der Waals surface area contributed by atoms with E-state index in [1.54, 1.807) is 11.3 Å². The first kappa shape index (κ1) is 13.5. The van der Waals surface area contributed by atoms with Crippen molar-refractivity contribution in [3.05, 3.63) is 35.2 Å². The molecule has 0 bridgehead atoms. The molecule has 2 aromatic rings. The van der Waals surface area contributed by atoms with Crippen molar-refractivity contribution in [2.24, 2.45) is 0 Å². The maximum atomic E-state index is 11.2. The molecule has 0 aliphatic rings. The van der Waals surface area contributed by atoms with Gasteiger partial charge in [-0.15, -0.1) is 11.3 Å². The summed E-state index contributed by atoms with van der Waals surface area (Å²) in [6.45, 7) is 2.61. The fourth-order valence-corrected chi connectivity index (χ4v) is 3.96. The molecule has 1 unspecified atom stereocenters. The molecule has 1 atom stereocenters. The highest BCUT2D eigenvalue weighted by Gasteiger charge is 2.10. The van der Waals surface area contributed by atoms with Crippen LogP contribution in [0.25, 0.3) is 10.1 Å². The zero-order valence-electron chi connectivity index (χ0n) is 10.5. The average Bonchev–Trinajstić information content (AvgIpc) is 2.67. The molecule has 1 N–H and O–H groups in total. The quantitative estimate of drug-likeness (QED) is 0.916. The molecule has 5 heteroatoms. The molecule has 0 aliphatic carbocycles. The van der Waals surface area contributed by atoms with Gasteiger partial charge in [-0.3, -0.25) is 0 Å². The van der Waals surface area contributed by atoms with Crippen molar-refractivity contribution in [3.8, 4) is 0 Å².